The Labute approximate surface area is 122 Å². The zero-order chi connectivity index (χ0) is 15.8. The summed E-state index contributed by atoms with van der Waals surface area (Å²) < 4.78 is 24.1. The van der Waals surface area contributed by atoms with Crippen LogP contribution in [0.1, 0.15) is 27.7 Å². The van der Waals surface area contributed by atoms with Crippen molar-refractivity contribution >= 4 is 14.3 Å². The van der Waals surface area contributed by atoms with Crippen LogP contribution in [0.2, 0.25) is 0 Å². The molecule has 0 saturated carbocycles. The van der Waals surface area contributed by atoms with E-state index in [0.717, 1.165) is 5.47 Å². The van der Waals surface area contributed by atoms with Gasteiger partial charge in [-0.25, -0.2) is 0 Å². The maximum absolute atomic E-state index is 12.2. The highest BCUT2D eigenvalue weighted by Crippen LogP contribution is 2.47. The molecule has 0 bridgehead atoms. The van der Waals surface area contributed by atoms with E-state index in [1.807, 2.05) is 27.7 Å². The van der Waals surface area contributed by atoms with E-state index in [1.54, 1.807) is 25.5 Å². The summed E-state index contributed by atoms with van der Waals surface area (Å²) in [7, 11) is -2.98. The lowest BCUT2D eigenvalue weighted by Gasteiger charge is -2.32. The van der Waals surface area contributed by atoms with Crippen LogP contribution in [0.3, 0.4) is 0 Å². The normalized spacial score (nSPS) is 23.0. The summed E-state index contributed by atoms with van der Waals surface area (Å²) in [5, 5.41) is 0.585. The Balaban J connectivity index is 3.12. The first-order valence-corrected chi connectivity index (χ1v) is 9.22. The first-order chi connectivity index (χ1) is 8.94. The average Bonchev–Trinajstić information content (AvgIpc) is 2.47. The van der Waals surface area contributed by atoms with Crippen LogP contribution >= 0.6 is 7.14 Å². The minimum absolute atomic E-state index is 0.422. The monoisotopic (exact) mass is 297 g/mol. The van der Waals surface area contributed by atoms with Gasteiger partial charge in [-0.2, -0.15) is 0 Å². The Morgan fingerprint density at radius 1 is 1.20 bits per heavy atom. The zero-order valence-electron chi connectivity index (χ0n) is 13.3. The third kappa shape index (κ3) is 3.46. The summed E-state index contributed by atoms with van der Waals surface area (Å²) in [6.45, 7) is 15.1. The van der Waals surface area contributed by atoms with Crippen molar-refractivity contribution in [3.05, 3.63) is 35.7 Å². The van der Waals surface area contributed by atoms with Gasteiger partial charge in [0.25, 0.3) is 0 Å². The highest BCUT2D eigenvalue weighted by Gasteiger charge is 2.52. The molecular formula is C14H25BNO3P. The van der Waals surface area contributed by atoms with E-state index in [1.165, 1.54) is 6.20 Å². The van der Waals surface area contributed by atoms with Gasteiger partial charge in [-0.3, -0.25) is 0 Å². The Morgan fingerprint density at radius 3 is 1.95 bits per heavy atom. The summed E-state index contributed by atoms with van der Waals surface area (Å²) in [6.07, 6.45) is 4.77. The van der Waals surface area contributed by atoms with Gasteiger partial charge in [-0.1, -0.05) is 18.7 Å². The fourth-order valence-electron chi connectivity index (χ4n) is 1.76. The highest BCUT2D eigenvalue weighted by molar-refractivity contribution is 7.66. The molecule has 0 atom stereocenters. The van der Waals surface area contributed by atoms with Crippen molar-refractivity contribution in [1.82, 2.24) is 0 Å². The van der Waals surface area contributed by atoms with Crippen molar-refractivity contribution in [2.45, 2.75) is 38.9 Å². The van der Waals surface area contributed by atoms with E-state index in [-0.39, 0.29) is 0 Å². The SMILES string of the molecule is C=C/C(=C\C(=C\N)P(C)(C)=O)B1OC(C)(C)C(C)(C)O1. The predicted octanol–water partition coefficient (Wildman–Crippen LogP) is 3.15. The average molecular weight is 297 g/mol. The summed E-state index contributed by atoms with van der Waals surface area (Å²) >= 11 is 0. The number of hydrogen-bond acceptors (Lipinski definition) is 4. The molecule has 2 N–H and O–H groups in total. The molecule has 0 unspecified atom stereocenters. The zero-order valence-corrected chi connectivity index (χ0v) is 14.2. The largest absolute Gasteiger partial charge is 0.494 e. The van der Waals surface area contributed by atoms with Gasteiger partial charge >= 0.3 is 7.12 Å². The molecule has 20 heavy (non-hydrogen) atoms. The van der Waals surface area contributed by atoms with Crippen LogP contribution in [0.5, 0.6) is 0 Å². The molecule has 0 aromatic rings. The minimum Gasteiger partial charge on any atom is -0.404 e. The Bertz CT molecular complexity index is 487. The third-order valence-electron chi connectivity index (χ3n) is 3.87. The fourth-order valence-corrected chi connectivity index (χ4v) is 2.58. The first kappa shape index (κ1) is 17.3. The predicted molar refractivity (Wildman–Crippen MR) is 86.1 cm³/mol. The van der Waals surface area contributed by atoms with Crippen molar-refractivity contribution < 1.29 is 13.9 Å². The van der Waals surface area contributed by atoms with E-state index in [2.05, 4.69) is 6.58 Å². The van der Waals surface area contributed by atoms with Crippen molar-refractivity contribution in [2.24, 2.45) is 5.73 Å². The quantitative estimate of drug-likeness (QED) is 0.492. The van der Waals surface area contributed by atoms with E-state index < -0.39 is 25.5 Å². The maximum atomic E-state index is 12.2. The molecule has 1 aliphatic rings. The van der Waals surface area contributed by atoms with Crippen molar-refractivity contribution in [3.63, 3.8) is 0 Å². The van der Waals surface area contributed by atoms with E-state index in [9.17, 15) is 4.57 Å². The van der Waals surface area contributed by atoms with Gasteiger partial charge in [0.05, 0.1) is 11.2 Å². The lowest BCUT2D eigenvalue weighted by molar-refractivity contribution is 0.00578. The number of rotatable bonds is 4. The third-order valence-corrected chi connectivity index (χ3v) is 5.39. The number of nitrogens with two attached hydrogens (primary N) is 1. The van der Waals surface area contributed by atoms with Crippen molar-refractivity contribution in [3.8, 4) is 0 Å². The van der Waals surface area contributed by atoms with Crippen LogP contribution in [-0.2, 0) is 13.9 Å². The highest BCUT2D eigenvalue weighted by atomic mass is 31.2. The van der Waals surface area contributed by atoms with Crippen molar-refractivity contribution in [1.29, 1.82) is 0 Å². The Hall–Kier alpha value is -0.765. The molecule has 0 spiro atoms. The molecule has 1 rings (SSSR count). The van der Waals surface area contributed by atoms with Crippen LogP contribution in [-0.4, -0.2) is 31.7 Å². The number of allylic oxidation sites excluding steroid dienone is 4. The topological polar surface area (TPSA) is 61.6 Å². The summed E-state index contributed by atoms with van der Waals surface area (Å²) in [6, 6.07) is 0. The molecule has 0 radical (unpaired) electrons. The number of hydrogen-bond donors (Lipinski definition) is 1. The molecule has 0 aliphatic carbocycles. The maximum Gasteiger partial charge on any atom is 0.494 e. The molecule has 4 nitrogen and oxygen atoms in total. The summed E-state index contributed by atoms with van der Waals surface area (Å²) in [5.74, 6) is 0. The van der Waals surface area contributed by atoms with Gasteiger partial charge in [-0.15, -0.1) is 0 Å². The molecule has 6 heteroatoms. The van der Waals surface area contributed by atoms with Gasteiger partial charge in [0, 0.05) is 11.5 Å². The van der Waals surface area contributed by atoms with Crippen LogP contribution in [0.25, 0.3) is 0 Å². The fraction of sp³-hybridized carbons (Fsp3) is 0.571. The summed E-state index contributed by atoms with van der Waals surface area (Å²) in [5.41, 5.74) is 5.45. The lowest BCUT2D eigenvalue weighted by atomic mass is 9.78. The molecule has 0 aromatic carbocycles. The van der Waals surface area contributed by atoms with Crippen molar-refractivity contribution in [2.75, 3.05) is 13.3 Å². The molecule has 0 aromatic heterocycles. The second kappa shape index (κ2) is 5.55. The standard InChI is InChI=1S/C14H25BNO3P/c1-8-11(9-12(10-16)20(6,7)17)15-18-13(2,3)14(4,5)19-15/h8-10H,1,16H2,2-7H3/b11-9+,12-10-. The lowest BCUT2D eigenvalue weighted by Crippen LogP contribution is -2.41. The molecule has 1 aliphatic heterocycles. The molecule has 112 valence electrons. The van der Waals surface area contributed by atoms with Gasteiger partial charge < -0.3 is 19.6 Å². The second-order valence-electron chi connectivity index (χ2n) is 6.38. The van der Waals surface area contributed by atoms with Crippen LogP contribution in [0.4, 0.5) is 0 Å². The Morgan fingerprint density at radius 2 is 1.65 bits per heavy atom. The first-order valence-electron chi connectivity index (χ1n) is 6.62. The van der Waals surface area contributed by atoms with E-state index in [4.69, 9.17) is 15.0 Å². The summed E-state index contributed by atoms with van der Waals surface area (Å²) in [4.78, 5) is 0. The molecule has 1 saturated heterocycles. The minimum atomic E-state index is -2.45. The van der Waals surface area contributed by atoms with Crippen LogP contribution in [0, 0.1) is 0 Å². The van der Waals surface area contributed by atoms with Gasteiger partial charge in [0.2, 0.25) is 0 Å². The van der Waals surface area contributed by atoms with Gasteiger partial charge in [0.15, 0.2) is 0 Å². The van der Waals surface area contributed by atoms with Gasteiger partial charge in [-0.05, 0) is 46.5 Å². The smallest absolute Gasteiger partial charge is 0.404 e. The Kier molecular flexibility index (Phi) is 4.80. The second-order valence-corrected chi connectivity index (χ2v) is 9.60. The molecule has 1 fully saturated rings. The van der Waals surface area contributed by atoms with Gasteiger partial charge in [0.1, 0.15) is 7.14 Å². The van der Waals surface area contributed by atoms with Crippen LogP contribution in [0.15, 0.2) is 35.7 Å². The van der Waals surface area contributed by atoms with E-state index in [0.29, 0.717) is 5.31 Å². The molecular weight excluding hydrogens is 272 g/mol. The molecule has 0 amide bonds. The van der Waals surface area contributed by atoms with Crippen LogP contribution < -0.4 is 5.73 Å². The molecule has 1 heterocycles. The van der Waals surface area contributed by atoms with E-state index >= 15 is 0 Å².